The summed E-state index contributed by atoms with van der Waals surface area (Å²) < 4.78 is 35.5. The van der Waals surface area contributed by atoms with Crippen LogP contribution in [0.5, 0.6) is 0 Å². The van der Waals surface area contributed by atoms with Crippen molar-refractivity contribution in [2.75, 3.05) is 13.2 Å². The molecule has 0 radical (unpaired) electrons. The van der Waals surface area contributed by atoms with Crippen molar-refractivity contribution in [2.45, 2.75) is 30.8 Å². The third-order valence-corrected chi connectivity index (χ3v) is 5.74. The van der Waals surface area contributed by atoms with Gasteiger partial charge in [0.25, 0.3) is 10.0 Å². The van der Waals surface area contributed by atoms with E-state index in [2.05, 4.69) is 14.7 Å². The van der Waals surface area contributed by atoms with Gasteiger partial charge < -0.3 is 9.30 Å². The predicted octanol–water partition coefficient (Wildman–Crippen LogP) is 1.57. The molecule has 7 nitrogen and oxygen atoms in total. The van der Waals surface area contributed by atoms with E-state index in [-0.39, 0.29) is 17.0 Å². The molecule has 130 valence electrons. The molecule has 8 heteroatoms. The maximum Gasteiger partial charge on any atom is 0.260 e. The van der Waals surface area contributed by atoms with E-state index in [1.165, 1.54) is 6.20 Å². The average Bonchev–Trinajstić information content (AvgIpc) is 2.94. The Bertz CT molecular complexity index is 763. The lowest BCUT2D eigenvalue weighted by Crippen LogP contribution is -2.36. The van der Waals surface area contributed by atoms with Gasteiger partial charge in [0.05, 0.1) is 6.04 Å². The number of aryl methyl sites for hydroxylation is 2. The maximum absolute atomic E-state index is 12.8. The molecule has 0 bridgehead atoms. The number of ether oxygens (including phenoxy) is 1. The van der Waals surface area contributed by atoms with Crippen LogP contribution in [0.4, 0.5) is 0 Å². The van der Waals surface area contributed by atoms with Crippen LogP contribution in [0.3, 0.4) is 0 Å². The van der Waals surface area contributed by atoms with Crippen LogP contribution >= 0.6 is 0 Å². The van der Waals surface area contributed by atoms with E-state index >= 15 is 0 Å². The summed E-state index contributed by atoms with van der Waals surface area (Å²) in [5.74, 6) is 0.821. The Labute approximate surface area is 142 Å². The number of nitrogens with zero attached hydrogens (tertiary/aromatic N) is 3. The molecule has 1 aliphatic rings. The molecular formula is C16H22N4O3S. The minimum absolute atomic E-state index is 0.0449. The molecule has 0 aliphatic carbocycles. The van der Waals surface area contributed by atoms with Crippen molar-refractivity contribution in [3.8, 4) is 0 Å². The SMILES string of the molecule is Cc1nc(S(=O)(=O)NC(c2cccnc2)C2CCOCC2)cn1C. The Morgan fingerprint density at radius 3 is 2.71 bits per heavy atom. The molecule has 24 heavy (non-hydrogen) atoms. The maximum atomic E-state index is 12.8. The molecule has 1 atom stereocenters. The summed E-state index contributed by atoms with van der Waals surface area (Å²) in [4.78, 5) is 8.28. The van der Waals surface area contributed by atoms with Crippen LogP contribution in [0.25, 0.3) is 0 Å². The van der Waals surface area contributed by atoms with Gasteiger partial charge in [-0.05, 0) is 37.3 Å². The number of pyridine rings is 1. The van der Waals surface area contributed by atoms with Crippen LogP contribution in [0.15, 0.2) is 35.7 Å². The topological polar surface area (TPSA) is 86.1 Å². The van der Waals surface area contributed by atoms with E-state index in [0.717, 1.165) is 18.4 Å². The van der Waals surface area contributed by atoms with Crippen LogP contribution in [0.2, 0.25) is 0 Å². The molecular weight excluding hydrogens is 328 g/mol. The largest absolute Gasteiger partial charge is 0.381 e. The summed E-state index contributed by atoms with van der Waals surface area (Å²) in [6.07, 6.45) is 6.54. The normalized spacial score (nSPS) is 17.8. The molecule has 2 aromatic heterocycles. The van der Waals surface area contributed by atoms with E-state index in [9.17, 15) is 8.42 Å². The zero-order chi connectivity index (χ0) is 17.2. The number of imidazole rings is 1. The number of rotatable bonds is 5. The van der Waals surface area contributed by atoms with Gasteiger partial charge in [-0.2, -0.15) is 0 Å². The fourth-order valence-corrected chi connectivity index (χ4v) is 4.26. The highest BCUT2D eigenvalue weighted by Crippen LogP contribution is 2.31. The van der Waals surface area contributed by atoms with Gasteiger partial charge in [-0.1, -0.05) is 6.07 Å². The van der Waals surface area contributed by atoms with Gasteiger partial charge >= 0.3 is 0 Å². The quantitative estimate of drug-likeness (QED) is 0.884. The first-order valence-corrected chi connectivity index (χ1v) is 9.45. The second-order valence-electron chi connectivity index (χ2n) is 6.07. The van der Waals surface area contributed by atoms with Gasteiger partial charge in [-0.25, -0.2) is 18.1 Å². The van der Waals surface area contributed by atoms with Crippen LogP contribution in [0, 0.1) is 12.8 Å². The van der Waals surface area contributed by atoms with Crippen molar-refractivity contribution >= 4 is 10.0 Å². The van der Waals surface area contributed by atoms with E-state index in [0.29, 0.717) is 19.0 Å². The minimum atomic E-state index is -3.71. The molecule has 0 aromatic carbocycles. The first kappa shape index (κ1) is 17.1. The highest BCUT2D eigenvalue weighted by molar-refractivity contribution is 7.89. The molecule has 1 saturated heterocycles. The molecule has 1 fully saturated rings. The lowest BCUT2D eigenvalue weighted by molar-refractivity contribution is 0.0564. The molecule has 2 aromatic rings. The van der Waals surface area contributed by atoms with E-state index in [1.54, 1.807) is 30.9 Å². The minimum Gasteiger partial charge on any atom is -0.381 e. The first-order valence-electron chi connectivity index (χ1n) is 7.97. The Morgan fingerprint density at radius 2 is 2.12 bits per heavy atom. The second-order valence-corrected chi connectivity index (χ2v) is 7.73. The number of sulfonamides is 1. The van der Waals surface area contributed by atoms with Crippen LogP contribution in [-0.2, 0) is 21.8 Å². The fraction of sp³-hybridized carbons (Fsp3) is 0.500. The van der Waals surface area contributed by atoms with Crippen molar-refractivity contribution in [3.05, 3.63) is 42.1 Å². The zero-order valence-corrected chi connectivity index (χ0v) is 14.7. The van der Waals surface area contributed by atoms with Gasteiger partial charge in [-0.15, -0.1) is 0 Å². The summed E-state index contributed by atoms with van der Waals surface area (Å²) in [5, 5.41) is 0.0449. The van der Waals surface area contributed by atoms with Crippen molar-refractivity contribution in [1.29, 1.82) is 0 Å². The van der Waals surface area contributed by atoms with Gasteiger partial charge in [0.1, 0.15) is 5.82 Å². The first-order chi connectivity index (χ1) is 11.5. The summed E-state index contributed by atoms with van der Waals surface area (Å²) >= 11 is 0. The predicted molar refractivity (Wildman–Crippen MR) is 88.8 cm³/mol. The number of nitrogens with one attached hydrogen (secondary N) is 1. The molecule has 3 rings (SSSR count). The zero-order valence-electron chi connectivity index (χ0n) is 13.8. The summed E-state index contributed by atoms with van der Waals surface area (Å²) in [7, 11) is -1.93. The molecule has 0 spiro atoms. The number of hydrogen-bond donors (Lipinski definition) is 1. The monoisotopic (exact) mass is 350 g/mol. The number of aromatic nitrogens is 3. The second kappa shape index (κ2) is 7.00. The Balaban J connectivity index is 1.91. The summed E-state index contributed by atoms with van der Waals surface area (Å²) in [6, 6.07) is 3.38. The molecule has 1 unspecified atom stereocenters. The average molecular weight is 350 g/mol. The highest BCUT2D eigenvalue weighted by Gasteiger charge is 2.31. The smallest absolute Gasteiger partial charge is 0.260 e. The molecule has 1 aliphatic heterocycles. The van der Waals surface area contributed by atoms with Crippen molar-refractivity contribution < 1.29 is 13.2 Å². The van der Waals surface area contributed by atoms with Crippen molar-refractivity contribution in [1.82, 2.24) is 19.3 Å². The summed E-state index contributed by atoms with van der Waals surface area (Å²) in [5.41, 5.74) is 0.862. The molecule has 1 N–H and O–H groups in total. The third-order valence-electron chi connectivity index (χ3n) is 4.42. The number of hydrogen-bond acceptors (Lipinski definition) is 5. The lowest BCUT2D eigenvalue weighted by atomic mass is 9.88. The van der Waals surface area contributed by atoms with Crippen LogP contribution in [-0.4, -0.2) is 36.2 Å². The lowest BCUT2D eigenvalue weighted by Gasteiger charge is -2.30. The van der Waals surface area contributed by atoms with Gasteiger partial charge in [0.15, 0.2) is 5.03 Å². The third kappa shape index (κ3) is 3.66. The standard InChI is InChI=1S/C16H22N4O3S/c1-12-18-15(11-20(12)2)24(21,22)19-16(13-5-8-23-9-6-13)14-4-3-7-17-10-14/h3-4,7,10-11,13,16,19H,5-6,8-9H2,1-2H3. The van der Waals surface area contributed by atoms with E-state index in [1.807, 2.05) is 12.1 Å². The van der Waals surface area contributed by atoms with Gasteiger partial charge in [-0.3, -0.25) is 4.98 Å². The van der Waals surface area contributed by atoms with Crippen LogP contribution < -0.4 is 4.72 Å². The van der Waals surface area contributed by atoms with E-state index < -0.39 is 10.0 Å². The Hall–Kier alpha value is -1.77. The molecule has 3 heterocycles. The molecule has 0 amide bonds. The fourth-order valence-electron chi connectivity index (χ4n) is 2.93. The van der Waals surface area contributed by atoms with Crippen molar-refractivity contribution in [2.24, 2.45) is 13.0 Å². The van der Waals surface area contributed by atoms with Crippen LogP contribution in [0.1, 0.15) is 30.3 Å². The summed E-state index contributed by atoms with van der Waals surface area (Å²) in [6.45, 7) is 3.06. The van der Waals surface area contributed by atoms with Gasteiger partial charge in [0, 0.05) is 38.9 Å². The van der Waals surface area contributed by atoms with Gasteiger partial charge in [0.2, 0.25) is 0 Å². The Morgan fingerprint density at radius 1 is 1.38 bits per heavy atom. The Kier molecular flexibility index (Phi) is 4.98. The van der Waals surface area contributed by atoms with E-state index in [4.69, 9.17) is 4.74 Å². The van der Waals surface area contributed by atoms with Crippen molar-refractivity contribution in [3.63, 3.8) is 0 Å². The highest BCUT2D eigenvalue weighted by atomic mass is 32.2. The molecule has 0 saturated carbocycles.